The number of furan rings is 2. The predicted octanol–water partition coefficient (Wildman–Crippen LogP) is 16.6. The fraction of sp³-hybridized carbons (Fsp3) is 0.0312. The number of rotatable bonds is 8. The van der Waals surface area contributed by atoms with E-state index in [4.69, 9.17) is 8.83 Å². The van der Waals surface area contributed by atoms with Crippen molar-refractivity contribution in [1.82, 2.24) is 0 Å². The number of para-hydroxylation sites is 5. The van der Waals surface area contributed by atoms with Crippen LogP contribution in [0.15, 0.2) is 233 Å². The van der Waals surface area contributed by atoms with Crippen LogP contribution in [0.1, 0.15) is 12.8 Å². The zero-order valence-electron chi connectivity index (χ0n) is 37.1. The number of hydrogen-bond acceptors (Lipinski definition) is 4. The Labute approximate surface area is 392 Å². The van der Waals surface area contributed by atoms with Gasteiger partial charge in [0, 0.05) is 43.3 Å². The summed E-state index contributed by atoms with van der Waals surface area (Å²) in [7, 11) is 0. The number of benzene rings is 11. The fourth-order valence-electron chi connectivity index (χ4n) is 11.1. The Morgan fingerprint density at radius 2 is 0.838 bits per heavy atom. The monoisotopic (exact) mass is 870 g/mol. The second kappa shape index (κ2) is 15.4. The molecular formula is C64H42N2O2. The van der Waals surface area contributed by atoms with Crippen LogP contribution in [0, 0.1) is 0 Å². The molecule has 2 aromatic heterocycles. The zero-order chi connectivity index (χ0) is 44.7. The van der Waals surface area contributed by atoms with Crippen LogP contribution in [0.25, 0.3) is 99.3 Å². The average Bonchev–Trinajstić information content (AvgIpc) is 3.99. The summed E-state index contributed by atoms with van der Waals surface area (Å²) in [5.74, 6) is 0. The first-order valence-electron chi connectivity index (χ1n) is 23.5. The van der Waals surface area contributed by atoms with Crippen LogP contribution in [-0.4, -0.2) is 0 Å². The van der Waals surface area contributed by atoms with Gasteiger partial charge >= 0.3 is 0 Å². The minimum atomic E-state index is 0.825. The van der Waals surface area contributed by atoms with E-state index in [9.17, 15) is 0 Å². The summed E-state index contributed by atoms with van der Waals surface area (Å²) in [6.45, 7) is 0. The molecule has 4 nitrogen and oxygen atoms in total. The van der Waals surface area contributed by atoms with Crippen LogP contribution in [-0.2, 0) is 0 Å². The lowest BCUT2D eigenvalue weighted by Crippen LogP contribution is -2.33. The molecule has 0 bridgehead atoms. The molecule has 0 spiro atoms. The van der Waals surface area contributed by atoms with Gasteiger partial charge in [-0.15, -0.1) is 0 Å². The minimum Gasteiger partial charge on any atom is -0.454 e. The lowest BCUT2D eigenvalue weighted by molar-refractivity contribution is 0.566. The van der Waals surface area contributed by atoms with Gasteiger partial charge in [-0.3, -0.25) is 0 Å². The topological polar surface area (TPSA) is 32.8 Å². The Kier molecular flexibility index (Phi) is 8.68. The van der Waals surface area contributed by atoms with Gasteiger partial charge in [-0.05, 0) is 88.0 Å². The molecule has 0 saturated heterocycles. The van der Waals surface area contributed by atoms with Crippen molar-refractivity contribution in [1.29, 1.82) is 0 Å². The van der Waals surface area contributed by atoms with Crippen molar-refractivity contribution >= 4 is 105 Å². The molecule has 11 aromatic carbocycles. The number of anilines is 5. The van der Waals surface area contributed by atoms with Crippen LogP contribution in [0.5, 0.6) is 0 Å². The van der Waals surface area contributed by atoms with Gasteiger partial charge in [0.15, 0.2) is 11.0 Å². The average molecular weight is 871 g/mol. The molecule has 1 aliphatic carbocycles. The summed E-state index contributed by atoms with van der Waals surface area (Å²) in [5.41, 5.74) is 14.7. The van der Waals surface area contributed by atoms with Crippen LogP contribution in [0.3, 0.4) is 0 Å². The molecule has 0 aliphatic heterocycles. The maximum absolute atomic E-state index is 6.89. The first-order valence-corrected chi connectivity index (χ1v) is 23.5. The summed E-state index contributed by atoms with van der Waals surface area (Å²) in [5, 5.41) is 11.7. The molecule has 0 atom stereocenters. The molecule has 0 unspecified atom stereocenters. The third-order valence-electron chi connectivity index (χ3n) is 14.1. The molecular weight excluding hydrogens is 829 g/mol. The van der Waals surface area contributed by atoms with Crippen molar-refractivity contribution in [2.24, 2.45) is 0 Å². The van der Waals surface area contributed by atoms with Gasteiger partial charge in [-0.25, -0.2) is 0 Å². The van der Waals surface area contributed by atoms with E-state index in [1.165, 1.54) is 37.7 Å². The molecule has 14 rings (SSSR count). The molecule has 0 radical (unpaired) electrons. The number of fused-ring (bicyclic) bond motifs is 6. The van der Waals surface area contributed by atoms with E-state index in [2.05, 4.69) is 234 Å². The summed E-state index contributed by atoms with van der Waals surface area (Å²) < 4.78 is 13.7. The molecule has 4 heteroatoms. The Morgan fingerprint density at radius 3 is 1.50 bits per heavy atom. The summed E-state index contributed by atoms with van der Waals surface area (Å²) in [6.07, 6.45) is 4.08. The summed E-state index contributed by atoms with van der Waals surface area (Å²) >= 11 is 0. The van der Waals surface area contributed by atoms with E-state index < -0.39 is 0 Å². The third kappa shape index (κ3) is 5.87. The highest BCUT2D eigenvalue weighted by atomic mass is 16.3. The molecule has 13 aromatic rings. The van der Waals surface area contributed by atoms with E-state index in [0.29, 0.717) is 0 Å². The Morgan fingerprint density at radius 1 is 0.338 bits per heavy atom. The van der Waals surface area contributed by atoms with Crippen molar-refractivity contribution in [3.8, 4) is 22.3 Å². The van der Waals surface area contributed by atoms with Gasteiger partial charge in [0.1, 0.15) is 11.2 Å². The standard InChI is InChI=1S/C64H42N2O2/c1-3-17-41(18-4-1)45-21-7-11-27-53(45)65(57-29-15-25-49-47-23-9-13-31-59(47)67-63(49)57)55-39-35-43-34-38-52-56(40-36-44-33-37-51(55)61(43)62(44)52)66(54-28-12-8-22-46(54)42-19-5-2-6-20-42)58-30-16-26-50-48-24-10-14-32-60(48)68-64(50)58/h1-15,17-29,31-40H,16,30H2. The van der Waals surface area contributed by atoms with Gasteiger partial charge in [-0.1, -0.05) is 188 Å². The third-order valence-corrected chi connectivity index (χ3v) is 14.1. The SMILES string of the molecule is C1=c2c(oc3ccccc23)=C(N(c2ccccc2-c2ccccc2)c2ccc3ccc4c(N(c5ccccc5-c5ccccc5)c5cccc6c5oc5ccccc56)ccc5ccc2c3c54)CC1. The predicted molar refractivity (Wildman–Crippen MR) is 284 cm³/mol. The maximum atomic E-state index is 6.89. The number of nitrogens with zero attached hydrogens (tertiary/aromatic N) is 2. The quantitative estimate of drug-likeness (QED) is 0.142. The van der Waals surface area contributed by atoms with Gasteiger partial charge in [0.25, 0.3) is 0 Å². The molecule has 320 valence electrons. The Hall–Kier alpha value is -8.86. The molecule has 0 N–H and O–H groups in total. The van der Waals surface area contributed by atoms with Crippen molar-refractivity contribution in [3.63, 3.8) is 0 Å². The minimum absolute atomic E-state index is 0.825. The van der Waals surface area contributed by atoms with Gasteiger partial charge in [0.05, 0.1) is 34.1 Å². The first kappa shape index (κ1) is 38.4. The molecule has 0 saturated carbocycles. The van der Waals surface area contributed by atoms with Crippen LogP contribution < -0.4 is 20.4 Å². The van der Waals surface area contributed by atoms with Crippen molar-refractivity contribution in [2.45, 2.75) is 12.8 Å². The second-order valence-corrected chi connectivity index (χ2v) is 17.8. The van der Waals surface area contributed by atoms with E-state index in [1.54, 1.807) is 0 Å². The lowest BCUT2D eigenvalue weighted by atomic mass is 9.91. The Balaban J connectivity index is 1.06. The zero-order valence-corrected chi connectivity index (χ0v) is 37.1. The van der Waals surface area contributed by atoms with E-state index in [-0.39, 0.29) is 0 Å². The van der Waals surface area contributed by atoms with Crippen LogP contribution in [0.2, 0.25) is 0 Å². The van der Waals surface area contributed by atoms with Crippen molar-refractivity contribution in [2.75, 3.05) is 9.80 Å². The maximum Gasteiger partial charge on any atom is 0.159 e. The fourth-order valence-corrected chi connectivity index (χ4v) is 11.1. The molecule has 68 heavy (non-hydrogen) atoms. The molecule has 0 amide bonds. The second-order valence-electron chi connectivity index (χ2n) is 17.8. The molecule has 1 aliphatic rings. The van der Waals surface area contributed by atoms with E-state index in [0.717, 1.165) is 107 Å². The molecule has 2 heterocycles. The Bertz CT molecular complexity index is 4220. The highest BCUT2D eigenvalue weighted by Gasteiger charge is 2.28. The van der Waals surface area contributed by atoms with Gasteiger partial charge in [0.2, 0.25) is 0 Å². The van der Waals surface area contributed by atoms with Gasteiger partial charge < -0.3 is 18.6 Å². The summed E-state index contributed by atoms with van der Waals surface area (Å²) in [6, 6.07) is 80.9. The van der Waals surface area contributed by atoms with E-state index in [1.807, 2.05) is 6.07 Å². The lowest BCUT2D eigenvalue weighted by Gasteiger charge is -2.32. The van der Waals surface area contributed by atoms with Crippen molar-refractivity contribution in [3.05, 3.63) is 235 Å². The first-order chi connectivity index (χ1) is 33.8. The highest BCUT2D eigenvalue weighted by molar-refractivity contribution is 6.28. The van der Waals surface area contributed by atoms with E-state index >= 15 is 0 Å². The normalized spacial score (nSPS) is 12.7. The highest BCUT2D eigenvalue weighted by Crippen LogP contribution is 2.51. The van der Waals surface area contributed by atoms with Crippen molar-refractivity contribution < 1.29 is 8.83 Å². The van der Waals surface area contributed by atoms with Crippen LogP contribution in [0.4, 0.5) is 28.4 Å². The van der Waals surface area contributed by atoms with Crippen LogP contribution >= 0.6 is 0 Å². The molecule has 0 fully saturated rings. The van der Waals surface area contributed by atoms with Gasteiger partial charge in [-0.2, -0.15) is 0 Å². The largest absolute Gasteiger partial charge is 0.454 e. The smallest absolute Gasteiger partial charge is 0.159 e. The number of hydrogen-bond donors (Lipinski definition) is 0. The summed E-state index contributed by atoms with van der Waals surface area (Å²) in [4.78, 5) is 4.94.